The molecule has 0 aliphatic rings. The molecule has 0 amide bonds. The number of benzene rings is 2. The molecular formula is C19H22O2. The molecular weight excluding hydrogens is 260 g/mol. The zero-order chi connectivity index (χ0) is 15.2. The van der Waals surface area contributed by atoms with E-state index in [0.717, 1.165) is 23.3 Å². The van der Waals surface area contributed by atoms with Gasteiger partial charge < -0.3 is 4.74 Å². The molecule has 0 aliphatic carbocycles. The Bertz CT molecular complexity index is 582. The van der Waals surface area contributed by atoms with Gasteiger partial charge in [-0.25, -0.2) is 0 Å². The molecule has 1 atom stereocenters. The van der Waals surface area contributed by atoms with E-state index in [-0.39, 0.29) is 5.78 Å². The summed E-state index contributed by atoms with van der Waals surface area (Å²) >= 11 is 0. The molecule has 0 spiro atoms. The predicted molar refractivity (Wildman–Crippen MR) is 86.2 cm³/mol. The largest absolute Gasteiger partial charge is 0.497 e. The van der Waals surface area contributed by atoms with E-state index < -0.39 is 0 Å². The molecule has 0 heterocycles. The summed E-state index contributed by atoms with van der Waals surface area (Å²) in [6, 6.07) is 15.6. The lowest BCUT2D eigenvalue weighted by atomic mass is 9.95. The summed E-state index contributed by atoms with van der Waals surface area (Å²) in [5.41, 5.74) is 3.07. The lowest BCUT2D eigenvalue weighted by Gasteiger charge is -2.09. The van der Waals surface area contributed by atoms with Gasteiger partial charge in [-0.05, 0) is 35.6 Å². The van der Waals surface area contributed by atoms with Gasteiger partial charge in [0, 0.05) is 12.0 Å². The molecule has 2 aromatic rings. The van der Waals surface area contributed by atoms with Crippen LogP contribution in [-0.2, 0) is 6.42 Å². The van der Waals surface area contributed by atoms with E-state index in [1.807, 2.05) is 36.4 Å². The molecule has 21 heavy (non-hydrogen) atoms. The van der Waals surface area contributed by atoms with Gasteiger partial charge in [0.15, 0.2) is 5.78 Å². The topological polar surface area (TPSA) is 26.3 Å². The third-order valence-corrected chi connectivity index (χ3v) is 3.94. The summed E-state index contributed by atoms with van der Waals surface area (Å²) < 4.78 is 5.12. The average molecular weight is 282 g/mol. The van der Waals surface area contributed by atoms with Crippen LogP contribution in [0.25, 0.3) is 0 Å². The molecule has 110 valence electrons. The van der Waals surface area contributed by atoms with Crippen LogP contribution in [0.2, 0.25) is 0 Å². The fraction of sp³-hybridized carbons (Fsp3) is 0.316. The van der Waals surface area contributed by atoms with E-state index in [1.165, 1.54) is 5.56 Å². The first-order valence-electron chi connectivity index (χ1n) is 7.40. The summed E-state index contributed by atoms with van der Waals surface area (Å²) in [4.78, 5) is 12.3. The average Bonchev–Trinajstić information content (AvgIpc) is 2.55. The molecule has 0 bridgehead atoms. The van der Waals surface area contributed by atoms with Crippen molar-refractivity contribution in [1.29, 1.82) is 0 Å². The highest BCUT2D eigenvalue weighted by Gasteiger charge is 2.09. The van der Waals surface area contributed by atoms with Gasteiger partial charge in [-0.15, -0.1) is 0 Å². The number of methoxy groups -OCH3 is 1. The van der Waals surface area contributed by atoms with Crippen molar-refractivity contribution in [3.8, 4) is 5.75 Å². The molecule has 0 radical (unpaired) electrons. The number of hydrogen-bond acceptors (Lipinski definition) is 2. The van der Waals surface area contributed by atoms with Crippen molar-refractivity contribution in [1.82, 2.24) is 0 Å². The number of hydrogen-bond donors (Lipinski definition) is 0. The van der Waals surface area contributed by atoms with E-state index in [1.54, 1.807) is 7.11 Å². The summed E-state index contributed by atoms with van der Waals surface area (Å²) in [5, 5.41) is 0. The monoisotopic (exact) mass is 282 g/mol. The second kappa shape index (κ2) is 7.07. The summed E-state index contributed by atoms with van der Waals surface area (Å²) in [6.45, 7) is 4.38. The van der Waals surface area contributed by atoms with Crippen LogP contribution in [0.3, 0.4) is 0 Å². The molecule has 0 saturated carbocycles. The maximum absolute atomic E-state index is 12.3. The van der Waals surface area contributed by atoms with Crippen LogP contribution >= 0.6 is 0 Å². The zero-order valence-electron chi connectivity index (χ0n) is 12.9. The lowest BCUT2D eigenvalue weighted by molar-refractivity contribution is 0.0993. The van der Waals surface area contributed by atoms with E-state index >= 15 is 0 Å². The Hall–Kier alpha value is -2.09. The number of Topliss-reactive ketones (excluding diaryl/α,β-unsaturated/α-hetero) is 1. The predicted octanol–water partition coefficient (Wildman–Crippen LogP) is 4.63. The van der Waals surface area contributed by atoms with Gasteiger partial charge in [-0.1, -0.05) is 50.2 Å². The van der Waals surface area contributed by atoms with Crippen molar-refractivity contribution in [3.63, 3.8) is 0 Å². The molecule has 2 rings (SSSR count). The zero-order valence-corrected chi connectivity index (χ0v) is 12.9. The van der Waals surface area contributed by atoms with E-state index in [4.69, 9.17) is 4.74 Å². The standard InChI is InChI=1S/C19H22O2/c1-4-14(2)16-7-9-17(10-8-16)19(20)13-15-5-11-18(21-3)12-6-15/h5-12,14H,4,13H2,1-3H3. The number of ketones is 1. The van der Waals surface area contributed by atoms with E-state index in [9.17, 15) is 4.79 Å². The SMILES string of the molecule is CCC(C)c1ccc(C(=O)Cc2ccc(OC)cc2)cc1. The van der Waals surface area contributed by atoms with Crippen LogP contribution in [0.1, 0.15) is 47.7 Å². The summed E-state index contributed by atoms with van der Waals surface area (Å²) in [5.74, 6) is 1.50. The Morgan fingerprint density at radius 2 is 1.67 bits per heavy atom. The van der Waals surface area contributed by atoms with Crippen LogP contribution in [0, 0.1) is 0 Å². The van der Waals surface area contributed by atoms with Gasteiger partial charge in [0.1, 0.15) is 5.75 Å². The number of carbonyl (C=O) groups is 1. The molecule has 0 aliphatic heterocycles. The Balaban J connectivity index is 2.05. The van der Waals surface area contributed by atoms with Crippen LogP contribution in [-0.4, -0.2) is 12.9 Å². The van der Waals surface area contributed by atoms with Crippen molar-refractivity contribution >= 4 is 5.78 Å². The van der Waals surface area contributed by atoms with Gasteiger partial charge in [-0.2, -0.15) is 0 Å². The summed E-state index contributed by atoms with van der Waals surface area (Å²) in [6.07, 6.45) is 1.53. The number of ether oxygens (including phenoxy) is 1. The van der Waals surface area contributed by atoms with Gasteiger partial charge in [0.05, 0.1) is 7.11 Å². The molecule has 1 unspecified atom stereocenters. The second-order valence-electron chi connectivity index (χ2n) is 5.38. The highest BCUT2D eigenvalue weighted by Crippen LogP contribution is 2.20. The fourth-order valence-corrected chi connectivity index (χ4v) is 2.26. The third kappa shape index (κ3) is 3.94. The third-order valence-electron chi connectivity index (χ3n) is 3.94. The van der Waals surface area contributed by atoms with Crippen molar-refractivity contribution in [2.24, 2.45) is 0 Å². The Morgan fingerprint density at radius 1 is 1.05 bits per heavy atom. The maximum atomic E-state index is 12.3. The number of rotatable bonds is 6. The second-order valence-corrected chi connectivity index (χ2v) is 5.38. The van der Waals surface area contributed by atoms with Gasteiger partial charge in [0.2, 0.25) is 0 Å². The van der Waals surface area contributed by atoms with Crippen molar-refractivity contribution in [3.05, 3.63) is 65.2 Å². The van der Waals surface area contributed by atoms with Crippen molar-refractivity contribution < 1.29 is 9.53 Å². The lowest BCUT2D eigenvalue weighted by Crippen LogP contribution is -2.04. The number of carbonyl (C=O) groups excluding carboxylic acids is 1. The van der Waals surface area contributed by atoms with Crippen LogP contribution in [0.5, 0.6) is 5.75 Å². The summed E-state index contributed by atoms with van der Waals surface area (Å²) in [7, 11) is 1.64. The minimum absolute atomic E-state index is 0.149. The van der Waals surface area contributed by atoms with E-state index in [0.29, 0.717) is 12.3 Å². The smallest absolute Gasteiger partial charge is 0.167 e. The Labute approximate surface area is 126 Å². The molecule has 0 saturated heterocycles. The normalized spacial score (nSPS) is 12.0. The van der Waals surface area contributed by atoms with Crippen molar-refractivity contribution in [2.75, 3.05) is 7.11 Å². The molecule has 0 fully saturated rings. The first-order chi connectivity index (χ1) is 10.1. The fourth-order valence-electron chi connectivity index (χ4n) is 2.26. The molecule has 0 aromatic heterocycles. The van der Waals surface area contributed by atoms with Crippen LogP contribution in [0.4, 0.5) is 0 Å². The molecule has 0 N–H and O–H groups in total. The van der Waals surface area contributed by atoms with Crippen molar-refractivity contribution in [2.45, 2.75) is 32.6 Å². The van der Waals surface area contributed by atoms with Gasteiger partial charge in [-0.3, -0.25) is 4.79 Å². The molecule has 2 nitrogen and oxygen atoms in total. The minimum atomic E-state index is 0.149. The van der Waals surface area contributed by atoms with Gasteiger partial charge in [0.25, 0.3) is 0 Å². The maximum Gasteiger partial charge on any atom is 0.167 e. The molecule has 2 aromatic carbocycles. The minimum Gasteiger partial charge on any atom is -0.497 e. The van der Waals surface area contributed by atoms with Crippen LogP contribution in [0.15, 0.2) is 48.5 Å². The first-order valence-corrected chi connectivity index (χ1v) is 7.40. The molecule has 2 heteroatoms. The van der Waals surface area contributed by atoms with E-state index in [2.05, 4.69) is 26.0 Å². The Kier molecular flexibility index (Phi) is 5.15. The van der Waals surface area contributed by atoms with Crippen LogP contribution < -0.4 is 4.74 Å². The highest BCUT2D eigenvalue weighted by atomic mass is 16.5. The quantitative estimate of drug-likeness (QED) is 0.722. The highest BCUT2D eigenvalue weighted by molar-refractivity contribution is 5.97. The van der Waals surface area contributed by atoms with Gasteiger partial charge >= 0.3 is 0 Å². The Morgan fingerprint density at radius 3 is 2.19 bits per heavy atom. The first kappa shape index (κ1) is 15.3.